The van der Waals surface area contributed by atoms with Crippen LogP contribution in [0.4, 0.5) is 0 Å². The molecule has 0 amide bonds. The summed E-state index contributed by atoms with van der Waals surface area (Å²) in [5.74, 6) is -1.74. The molecule has 0 saturated carbocycles. The summed E-state index contributed by atoms with van der Waals surface area (Å²) in [7, 11) is -4.83. The van der Waals surface area contributed by atoms with Crippen LogP contribution in [0.25, 0.3) is 0 Å². The Labute approximate surface area is 98.6 Å². The van der Waals surface area contributed by atoms with E-state index in [1.54, 1.807) is 13.8 Å². The van der Waals surface area contributed by atoms with Crippen molar-refractivity contribution in [2.24, 2.45) is 5.92 Å². The number of carbonyl (C=O) groups is 1. The van der Waals surface area contributed by atoms with Gasteiger partial charge in [0, 0.05) is 22.3 Å². The molecule has 0 aromatic rings. The van der Waals surface area contributed by atoms with E-state index >= 15 is 0 Å². The van der Waals surface area contributed by atoms with Crippen molar-refractivity contribution in [1.82, 2.24) is 0 Å². The first kappa shape index (κ1) is 15.6. The topological polar surface area (TPSA) is 88.5 Å². The lowest BCUT2D eigenvalue weighted by Gasteiger charge is -2.15. The van der Waals surface area contributed by atoms with E-state index < -0.39 is 31.9 Å². The van der Waals surface area contributed by atoms with Gasteiger partial charge in [-0.15, -0.1) is 0 Å². The molecule has 2 atom stereocenters. The van der Waals surface area contributed by atoms with Crippen molar-refractivity contribution in [1.29, 1.82) is 0 Å². The molecule has 1 N–H and O–H groups in total. The van der Waals surface area contributed by atoms with Gasteiger partial charge in [0.05, 0.1) is 5.75 Å². The fourth-order valence-electron chi connectivity index (χ4n) is 1.18. The second-order valence-electron chi connectivity index (χ2n) is 3.82. The number of sulfone groups is 1. The van der Waals surface area contributed by atoms with Crippen molar-refractivity contribution >= 4 is 26.6 Å². The molecule has 0 fully saturated rings. The monoisotopic (exact) mass is 270 g/mol. The van der Waals surface area contributed by atoms with E-state index in [9.17, 15) is 17.4 Å². The summed E-state index contributed by atoms with van der Waals surface area (Å²) in [6.45, 7) is 4.82. The van der Waals surface area contributed by atoms with Gasteiger partial charge >= 0.3 is 5.97 Å². The van der Waals surface area contributed by atoms with Gasteiger partial charge in [-0.1, -0.05) is 20.8 Å². The number of hydrogen-bond donors (Lipinski definition) is 1. The molecule has 16 heavy (non-hydrogen) atoms. The van der Waals surface area contributed by atoms with Crippen LogP contribution in [0.1, 0.15) is 20.8 Å². The van der Waals surface area contributed by atoms with Crippen molar-refractivity contribution in [2.75, 3.05) is 17.3 Å². The van der Waals surface area contributed by atoms with E-state index in [1.165, 1.54) is 6.92 Å². The quantitative estimate of drug-likeness (QED) is 0.717. The fourth-order valence-corrected chi connectivity index (χ4v) is 4.23. The summed E-state index contributed by atoms with van der Waals surface area (Å²) < 4.78 is 34.0. The van der Waals surface area contributed by atoms with Crippen molar-refractivity contribution in [2.45, 2.75) is 26.0 Å². The fraction of sp³-hybridized carbons (Fsp3) is 0.889. The van der Waals surface area contributed by atoms with E-state index in [0.29, 0.717) is 0 Å². The minimum atomic E-state index is -3.19. The standard InChI is InChI=1S/C9H18O5S2/c1-4-16(13,14)6-5-15(12)8(7(2)3)9(10)11/h7-8H,4-6H2,1-3H3,(H,10,11). The molecule has 2 unspecified atom stereocenters. The van der Waals surface area contributed by atoms with Crippen LogP contribution < -0.4 is 0 Å². The second-order valence-corrected chi connectivity index (χ2v) is 7.97. The summed E-state index contributed by atoms with van der Waals surface area (Å²) in [5, 5.41) is 7.86. The molecular weight excluding hydrogens is 252 g/mol. The minimum Gasteiger partial charge on any atom is -0.480 e. The molecule has 5 nitrogen and oxygen atoms in total. The highest BCUT2D eigenvalue weighted by Gasteiger charge is 2.28. The van der Waals surface area contributed by atoms with E-state index in [1.807, 2.05) is 0 Å². The summed E-state index contributed by atoms with van der Waals surface area (Å²) in [6, 6.07) is 0. The van der Waals surface area contributed by atoms with Crippen LogP contribution in [-0.4, -0.2) is 46.2 Å². The molecule has 0 heterocycles. The van der Waals surface area contributed by atoms with Gasteiger partial charge in [-0.3, -0.25) is 9.00 Å². The zero-order valence-electron chi connectivity index (χ0n) is 9.67. The highest BCUT2D eigenvalue weighted by molar-refractivity contribution is 7.93. The maximum Gasteiger partial charge on any atom is 0.319 e. The van der Waals surface area contributed by atoms with E-state index in [4.69, 9.17) is 5.11 Å². The first-order valence-corrected chi connectivity index (χ1v) is 8.22. The molecule has 0 rings (SSSR count). The molecule has 0 spiro atoms. The van der Waals surface area contributed by atoms with Crippen molar-refractivity contribution in [3.05, 3.63) is 0 Å². The Bertz CT molecular complexity index is 358. The van der Waals surface area contributed by atoms with Gasteiger partial charge in [0.25, 0.3) is 0 Å². The Hall–Kier alpha value is -0.430. The van der Waals surface area contributed by atoms with Gasteiger partial charge in [0.1, 0.15) is 5.25 Å². The molecule has 0 aliphatic carbocycles. The molecule has 0 radical (unpaired) electrons. The molecule has 0 aromatic carbocycles. The van der Waals surface area contributed by atoms with Gasteiger partial charge in [-0.05, 0) is 5.92 Å². The van der Waals surface area contributed by atoms with Crippen LogP contribution in [0.3, 0.4) is 0 Å². The Morgan fingerprint density at radius 2 is 1.88 bits per heavy atom. The molecule has 7 heteroatoms. The third-order valence-electron chi connectivity index (χ3n) is 2.17. The summed E-state index contributed by atoms with van der Waals surface area (Å²) >= 11 is 0. The second kappa shape index (κ2) is 6.34. The lowest BCUT2D eigenvalue weighted by molar-refractivity contribution is -0.137. The lowest BCUT2D eigenvalue weighted by atomic mass is 10.1. The summed E-state index contributed by atoms with van der Waals surface area (Å²) in [4.78, 5) is 10.8. The van der Waals surface area contributed by atoms with Gasteiger partial charge < -0.3 is 5.11 Å². The predicted octanol–water partition coefficient (Wildman–Crippen LogP) is 0.279. The molecule has 0 saturated heterocycles. The molecule has 96 valence electrons. The highest BCUT2D eigenvalue weighted by atomic mass is 32.2. The van der Waals surface area contributed by atoms with Crippen LogP contribution in [-0.2, 0) is 25.4 Å². The van der Waals surface area contributed by atoms with Gasteiger partial charge in [0.15, 0.2) is 9.84 Å². The lowest BCUT2D eigenvalue weighted by Crippen LogP contribution is -2.34. The number of hydrogen-bond acceptors (Lipinski definition) is 4. The van der Waals surface area contributed by atoms with Crippen LogP contribution in [0.2, 0.25) is 0 Å². The maximum atomic E-state index is 11.7. The van der Waals surface area contributed by atoms with Gasteiger partial charge in [-0.2, -0.15) is 0 Å². The zero-order chi connectivity index (χ0) is 12.9. The number of carboxylic acid groups (broad SMARTS) is 1. The SMILES string of the molecule is CCS(=O)(=O)CCS(=O)C(C(=O)O)C(C)C. The largest absolute Gasteiger partial charge is 0.480 e. The van der Waals surface area contributed by atoms with Crippen LogP contribution in [0.5, 0.6) is 0 Å². The first-order chi connectivity index (χ1) is 7.21. The Kier molecular flexibility index (Phi) is 6.17. The average molecular weight is 270 g/mol. The molecule has 0 bridgehead atoms. The highest BCUT2D eigenvalue weighted by Crippen LogP contribution is 2.10. The third kappa shape index (κ3) is 5.07. The smallest absolute Gasteiger partial charge is 0.319 e. The third-order valence-corrected chi connectivity index (χ3v) is 6.05. The average Bonchev–Trinajstić information content (AvgIpc) is 2.14. The first-order valence-electron chi connectivity index (χ1n) is 5.01. The molecule has 0 aliphatic heterocycles. The molecule has 0 aromatic heterocycles. The van der Waals surface area contributed by atoms with Gasteiger partial charge in [-0.25, -0.2) is 8.42 Å². The number of aliphatic carboxylic acids is 1. The number of rotatable bonds is 7. The van der Waals surface area contributed by atoms with Crippen molar-refractivity contribution < 1.29 is 22.5 Å². The minimum absolute atomic E-state index is 0.0103. The van der Waals surface area contributed by atoms with E-state index in [2.05, 4.69) is 0 Å². The number of carboxylic acids is 1. The zero-order valence-corrected chi connectivity index (χ0v) is 11.3. The van der Waals surface area contributed by atoms with Crippen molar-refractivity contribution in [3.63, 3.8) is 0 Å². The molecular formula is C9H18O5S2. The van der Waals surface area contributed by atoms with Gasteiger partial charge in [0.2, 0.25) is 0 Å². The normalized spacial score (nSPS) is 16.0. The van der Waals surface area contributed by atoms with Crippen LogP contribution in [0, 0.1) is 5.92 Å². The van der Waals surface area contributed by atoms with Crippen LogP contribution >= 0.6 is 0 Å². The molecule has 0 aliphatic rings. The maximum absolute atomic E-state index is 11.7. The van der Waals surface area contributed by atoms with E-state index in [0.717, 1.165) is 0 Å². The summed E-state index contributed by atoms with van der Waals surface area (Å²) in [6.07, 6.45) is 0. The van der Waals surface area contributed by atoms with E-state index in [-0.39, 0.29) is 23.2 Å². The Morgan fingerprint density at radius 3 is 2.19 bits per heavy atom. The van der Waals surface area contributed by atoms with Crippen LogP contribution in [0.15, 0.2) is 0 Å². The predicted molar refractivity (Wildman–Crippen MR) is 63.6 cm³/mol. The Morgan fingerprint density at radius 1 is 1.38 bits per heavy atom. The Balaban J connectivity index is 4.51. The summed E-state index contributed by atoms with van der Waals surface area (Å²) in [5.41, 5.74) is 0. The van der Waals surface area contributed by atoms with Crippen molar-refractivity contribution in [3.8, 4) is 0 Å².